The highest BCUT2D eigenvalue weighted by Gasteiger charge is 2.29. The van der Waals surface area contributed by atoms with E-state index in [0.717, 1.165) is 0 Å². The van der Waals surface area contributed by atoms with Gasteiger partial charge in [0, 0.05) is 26.6 Å². The number of anilines is 1. The van der Waals surface area contributed by atoms with Gasteiger partial charge in [-0.3, -0.25) is 14.9 Å². The molecule has 0 atom stereocenters. The van der Waals surface area contributed by atoms with Gasteiger partial charge in [0.1, 0.15) is 11.5 Å². The van der Waals surface area contributed by atoms with E-state index in [9.17, 15) is 19.7 Å². The number of furan rings is 1. The summed E-state index contributed by atoms with van der Waals surface area (Å²) in [6, 6.07) is 11.9. The van der Waals surface area contributed by atoms with E-state index in [-0.39, 0.29) is 17.2 Å². The molecule has 1 aliphatic rings. The molecule has 9 nitrogen and oxygen atoms in total. The highest BCUT2D eigenvalue weighted by molar-refractivity contribution is 9.11. The molecule has 1 N–H and O–H groups in total. The number of benzene rings is 2. The molecule has 0 unspecified atom stereocenters. The number of nitro benzene ring substituents is 1. The molecule has 33 heavy (non-hydrogen) atoms. The summed E-state index contributed by atoms with van der Waals surface area (Å²) in [5, 5.41) is 25.6. The Morgan fingerprint density at radius 2 is 1.79 bits per heavy atom. The van der Waals surface area contributed by atoms with E-state index in [1.54, 1.807) is 25.1 Å². The van der Waals surface area contributed by atoms with Crippen molar-refractivity contribution >= 4 is 66.9 Å². The summed E-state index contributed by atoms with van der Waals surface area (Å²) < 4.78 is 6.83. The van der Waals surface area contributed by atoms with E-state index in [0.29, 0.717) is 43.0 Å². The van der Waals surface area contributed by atoms with Crippen molar-refractivity contribution < 1.29 is 24.0 Å². The zero-order valence-corrected chi connectivity index (χ0v) is 20.0. The lowest BCUT2D eigenvalue weighted by atomic mass is 10.1. The average molecular weight is 575 g/mol. The van der Waals surface area contributed by atoms with Gasteiger partial charge in [-0.05, 0) is 81.3 Å². The van der Waals surface area contributed by atoms with Gasteiger partial charge in [0.2, 0.25) is 0 Å². The maximum atomic E-state index is 12.9. The van der Waals surface area contributed by atoms with Crippen LogP contribution < -0.4 is 5.01 Å². The maximum Gasteiger partial charge on any atom is 0.335 e. The first-order valence-corrected chi connectivity index (χ1v) is 10.9. The van der Waals surface area contributed by atoms with Crippen LogP contribution in [-0.4, -0.2) is 27.6 Å². The van der Waals surface area contributed by atoms with Gasteiger partial charge in [-0.1, -0.05) is 0 Å². The number of halogens is 2. The molecule has 2 aromatic carbocycles. The van der Waals surface area contributed by atoms with Crippen molar-refractivity contribution in [1.82, 2.24) is 0 Å². The molecule has 0 bridgehead atoms. The number of hydrogen-bond donors (Lipinski definition) is 1. The molecule has 166 valence electrons. The number of nitro groups is 1. The first-order chi connectivity index (χ1) is 15.7. The monoisotopic (exact) mass is 573 g/mol. The standard InChI is InChI=1S/C22H13Br2N3O6/c1-11-16(21(28)26(25-11)13-4-2-12(3-5-13)22(29)30)10-15-6-7-19(33-15)20-17(23)8-14(27(31)32)9-18(20)24/h2-10H,1H3,(H,29,30)/b16-10-. The minimum Gasteiger partial charge on any atom is -0.478 e. The van der Waals surface area contributed by atoms with Crippen molar-refractivity contribution in [3.63, 3.8) is 0 Å². The second kappa shape index (κ2) is 8.75. The summed E-state index contributed by atoms with van der Waals surface area (Å²) in [4.78, 5) is 34.5. The molecule has 2 heterocycles. The molecular weight excluding hydrogens is 562 g/mol. The topological polar surface area (TPSA) is 126 Å². The number of non-ortho nitro benzene ring substituents is 1. The van der Waals surface area contributed by atoms with Crippen molar-refractivity contribution in [1.29, 1.82) is 0 Å². The zero-order valence-electron chi connectivity index (χ0n) is 16.8. The van der Waals surface area contributed by atoms with E-state index < -0.39 is 10.9 Å². The molecule has 11 heteroatoms. The van der Waals surface area contributed by atoms with Crippen LogP contribution in [0.2, 0.25) is 0 Å². The second-order valence-electron chi connectivity index (χ2n) is 6.96. The van der Waals surface area contributed by atoms with Crippen LogP contribution in [0.5, 0.6) is 0 Å². The van der Waals surface area contributed by atoms with Gasteiger partial charge in [-0.2, -0.15) is 10.1 Å². The molecule has 3 aromatic rings. The minimum atomic E-state index is -1.06. The molecule has 1 aromatic heterocycles. The van der Waals surface area contributed by atoms with E-state index >= 15 is 0 Å². The van der Waals surface area contributed by atoms with Crippen LogP contribution in [-0.2, 0) is 4.79 Å². The number of amides is 1. The Labute approximate surface area is 203 Å². The van der Waals surface area contributed by atoms with Gasteiger partial charge < -0.3 is 9.52 Å². The van der Waals surface area contributed by atoms with Gasteiger partial charge >= 0.3 is 5.97 Å². The molecule has 4 rings (SSSR count). The fourth-order valence-electron chi connectivity index (χ4n) is 3.21. The Balaban J connectivity index is 1.62. The summed E-state index contributed by atoms with van der Waals surface area (Å²) in [5.74, 6) is -0.611. The van der Waals surface area contributed by atoms with Crippen LogP contribution >= 0.6 is 31.9 Å². The maximum absolute atomic E-state index is 12.9. The molecule has 1 aliphatic heterocycles. The predicted octanol–water partition coefficient (Wildman–Crippen LogP) is 5.88. The van der Waals surface area contributed by atoms with Crippen molar-refractivity contribution in [2.45, 2.75) is 6.92 Å². The molecule has 0 saturated carbocycles. The summed E-state index contributed by atoms with van der Waals surface area (Å²) in [6.45, 7) is 1.68. The Hall–Kier alpha value is -3.57. The van der Waals surface area contributed by atoms with Crippen molar-refractivity contribution in [2.24, 2.45) is 5.10 Å². The summed E-state index contributed by atoms with van der Waals surface area (Å²) in [5.41, 5.74) is 1.85. The van der Waals surface area contributed by atoms with E-state index in [1.165, 1.54) is 41.4 Å². The molecule has 1 amide bonds. The largest absolute Gasteiger partial charge is 0.478 e. The first kappa shape index (κ1) is 22.6. The number of carbonyl (C=O) groups is 2. The zero-order chi connectivity index (χ0) is 23.9. The Morgan fingerprint density at radius 1 is 1.15 bits per heavy atom. The second-order valence-corrected chi connectivity index (χ2v) is 8.66. The van der Waals surface area contributed by atoms with Crippen LogP contribution in [0.15, 0.2) is 72.6 Å². The smallest absolute Gasteiger partial charge is 0.335 e. The highest BCUT2D eigenvalue weighted by atomic mass is 79.9. The lowest BCUT2D eigenvalue weighted by molar-refractivity contribution is -0.385. The normalized spacial score (nSPS) is 14.6. The molecule has 0 spiro atoms. The molecule has 0 saturated heterocycles. The Morgan fingerprint density at radius 3 is 2.36 bits per heavy atom. The van der Waals surface area contributed by atoms with Crippen LogP contribution in [0, 0.1) is 10.1 Å². The van der Waals surface area contributed by atoms with Crippen LogP contribution in [0.25, 0.3) is 17.4 Å². The van der Waals surface area contributed by atoms with Crippen LogP contribution in [0.3, 0.4) is 0 Å². The summed E-state index contributed by atoms with van der Waals surface area (Å²) in [7, 11) is 0. The number of carboxylic acids is 1. The van der Waals surface area contributed by atoms with Gasteiger partial charge in [0.25, 0.3) is 11.6 Å². The van der Waals surface area contributed by atoms with Gasteiger partial charge in [-0.15, -0.1) is 0 Å². The molecule has 0 radical (unpaired) electrons. The molecule has 0 aliphatic carbocycles. The number of aromatic carboxylic acids is 1. The number of hydrogen-bond acceptors (Lipinski definition) is 6. The van der Waals surface area contributed by atoms with Crippen LogP contribution in [0.4, 0.5) is 11.4 Å². The van der Waals surface area contributed by atoms with E-state index in [2.05, 4.69) is 37.0 Å². The number of carbonyl (C=O) groups excluding carboxylic acids is 1. The number of rotatable bonds is 5. The van der Waals surface area contributed by atoms with Gasteiger partial charge in [0.05, 0.1) is 27.5 Å². The van der Waals surface area contributed by atoms with Crippen molar-refractivity contribution in [2.75, 3.05) is 5.01 Å². The summed E-state index contributed by atoms with van der Waals surface area (Å²) in [6.07, 6.45) is 1.56. The quantitative estimate of drug-likeness (QED) is 0.230. The Kier molecular flexibility index (Phi) is 6.00. The number of hydrazone groups is 1. The highest BCUT2D eigenvalue weighted by Crippen LogP contribution is 2.39. The average Bonchev–Trinajstić information content (AvgIpc) is 3.33. The third-order valence-electron chi connectivity index (χ3n) is 4.82. The lowest BCUT2D eigenvalue weighted by Gasteiger charge is -2.11. The van der Waals surface area contributed by atoms with Crippen molar-refractivity contribution in [3.8, 4) is 11.3 Å². The van der Waals surface area contributed by atoms with E-state index in [4.69, 9.17) is 9.52 Å². The van der Waals surface area contributed by atoms with Gasteiger partial charge in [-0.25, -0.2) is 4.79 Å². The fraction of sp³-hybridized carbons (Fsp3) is 0.0455. The first-order valence-electron chi connectivity index (χ1n) is 9.34. The molecular formula is C22H13Br2N3O6. The fourth-order valence-corrected chi connectivity index (χ4v) is 4.77. The predicted molar refractivity (Wildman–Crippen MR) is 128 cm³/mol. The summed E-state index contributed by atoms with van der Waals surface area (Å²) >= 11 is 6.68. The number of carboxylic acid groups (broad SMARTS) is 1. The molecule has 0 fully saturated rings. The van der Waals surface area contributed by atoms with E-state index in [1.807, 2.05) is 0 Å². The Bertz CT molecular complexity index is 1350. The third-order valence-corrected chi connectivity index (χ3v) is 6.07. The van der Waals surface area contributed by atoms with Crippen LogP contribution in [0.1, 0.15) is 23.0 Å². The number of nitrogens with zero attached hydrogens (tertiary/aromatic N) is 3. The SMILES string of the molecule is CC1=NN(c2ccc(C(=O)O)cc2)C(=O)/C1=C\c1ccc(-c2c(Br)cc([N+](=O)[O-])cc2Br)o1. The minimum absolute atomic E-state index is 0.0775. The van der Waals surface area contributed by atoms with Gasteiger partial charge in [0.15, 0.2) is 0 Å². The lowest BCUT2D eigenvalue weighted by Crippen LogP contribution is -2.21. The third kappa shape index (κ3) is 4.37. The van der Waals surface area contributed by atoms with Crippen molar-refractivity contribution in [3.05, 3.63) is 84.5 Å².